The van der Waals surface area contributed by atoms with Crippen LogP contribution in [0.4, 0.5) is 5.69 Å². The summed E-state index contributed by atoms with van der Waals surface area (Å²) in [5.41, 5.74) is -0.440. The van der Waals surface area contributed by atoms with Crippen molar-refractivity contribution in [3.05, 3.63) is 81.9 Å². The lowest BCUT2D eigenvalue weighted by Gasteiger charge is -2.43. The van der Waals surface area contributed by atoms with Crippen molar-refractivity contribution in [2.45, 2.75) is 38.4 Å². The number of hydrogen-bond donors (Lipinski definition) is 0. The molecule has 7 nitrogen and oxygen atoms in total. The molecule has 1 fully saturated rings. The van der Waals surface area contributed by atoms with E-state index in [2.05, 4.69) is 5.92 Å². The van der Waals surface area contributed by atoms with E-state index in [4.69, 9.17) is 15.9 Å². The van der Waals surface area contributed by atoms with Gasteiger partial charge in [0.1, 0.15) is 0 Å². The van der Waals surface area contributed by atoms with E-state index in [1.807, 2.05) is 30.3 Å². The molecule has 0 saturated carbocycles. The van der Waals surface area contributed by atoms with Crippen LogP contribution in [-0.2, 0) is 19.1 Å². The molecule has 0 amide bonds. The first-order valence-corrected chi connectivity index (χ1v) is 10.1. The van der Waals surface area contributed by atoms with Crippen molar-refractivity contribution in [1.29, 1.82) is 0 Å². The van der Waals surface area contributed by atoms with E-state index in [1.165, 1.54) is 38.1 Å². The van der Waals surface area contributed by atoms with Gasteiger partial charge >= 0.3 is 11.9 Å². The third-order valence-electron chi connectivity index (χ3n) is 5.38. The molecule has 0 aromatic heterocycles. The van der Waals surface area contributed by atoms with Gasteiger partial charge in [-0.1, -0.05) is 54.6 Å². The molecule has 0 bridgehead atoms. The van der Waals surface area contributed by atoms with E-state index < -0.39 is 34.0 Å². The lowest BCUT2D eigenvalue weighted by Crippen LogP contribution is -2.56. The van der Waals surface area contributed by atoms with Gasteiger partial charge in [-0.3, -0.25) is 19.7 Å². The predicted octanol–water partition coefficient (Wildman–Crippen LogP) is 4.63. The number of allylic oxidation sites excluding steroid dienone is 1. The minimum atomic E-state index is -1.73. The van der Waals surface area contributed by atoms with Gasteiger partial charge in [0, 0.05) is 38.3 Å². The number of cyclic esters (lactones) is 2. The molecule has 7 heteroatoms. The van der Waals surface area contributed by atoms with Crippen LogP contribution in [0.2, 0.25) is 0 Å². The molecule has 1 aliphatic heterocycles. The van der Waals surface area contributed by atoms with E-state index in [1.54, 1.807) is 12.2 Å². The smallest absolute Gasteiger partial charge is 0.327 e. The van der Waals surface area contributed by atoms with E-state index in [0.717, 1.165) is 5.56 Å². The molecule has 3 rings (SSSR count). The fraction of sp³-hybridized carbons (Fsp3) is 0.280. The molecule has 1 heterocycles. The Kier molecular flexibility index (Phi) is 6.45. The SMILES string of the molecule is C#CCC(c1ccc([N+](=O)[O-])cc1)C1(C/C=C/c2ccccc2)C(=O)OC(C)(C)OC1=O. The highest BCUT2D eigenvalue weighted by atomic mass is 16.7. The highest BCUT2D eigenvalue weighted by molar-refractivity contribution is 6.03. The quantitative estimate of drug-likeness (QED) is 0.208. The molecule has 0 N–H and O–H groups in total. The number of non-ortho nitro benzene ring substituents is 1. The van der Waals surface area contributed by atoms with Crippen molar-refractivity contribution in [3.8, 4) is 12.3 Å². The lowest BCUT2D eigenvalue weighted by atomic mass is 9.67. The van der Waals surface area contributed by atoms with Gasteiger partial charge in [0.25, 0.3) is 11.5 Å². The molecule has 0 aliphatic carbocycles. The third-order valence-corrected chi connectivity index (χ3v) is 5.38. The maximum Gasteiger partial charge on any atom is 0.327 e. The van der Waals surface area contributed by atoms with Crippen LogP contribution in [0.15, 0.2) is 60.7 Å². The topological polar surface area (TPSA) is 95.7 Å². The van der Waals surface area contributed by atoms with Gasteiger partial charge in [-0.05, 0) is 17.5 Å². The number of esters is 2. The van der Waals surface area contributed by atoms with Crippen LogP contribution in [-0.4, -0.2) is 22.6 Å². The van der Waals surface area contributed by atoms with Crippen molar-refractivity contribution < 1.29 is 24.0 Å². The fourth-order valence-corrected chi connectivity index (χ4v) is 3.79. The summed E-state index contributed by atoms with van der Waals surface area (Å²) in [6.07, 6.45) is 9.12. The van der Waals surface area contributed by atoms with Crippen molar-refractivity contribution in [2.24, 2.45) is 5.41 Å². The molecule has 0 spiro atoms. The zero-order valence-corrected chi connectivity index (χ0v) is 17.8. The molecule has 2 aromatic carbocycles. The number of ether oxygens (including phenoxy) is 2. The average Bonchev–Trinajstić information content (AvgIpc) is 2.74. The molecule has 164 valence electrons. The highest BCUT2D eigenvalue weighted by Crippen LogP contribution is 2.48. The van der Waals surface area contributed by atoms with Gasteiger partial charge in [0.05, 0.1) is 4.92 Å². The summed E-state index contributed by atoms with van der Waals surface area (Å²) in [6, 6.07) is 15.0. The van der Waals surface area contributed by atoms with Gasteiger partial charge in [-0.25, -0.2) is 0 Å². The summed E-state index contributed by atoms with van der Waals surface area (Å²) < 4.78 is 11.0. The number of nitrogens with zero attached hydrogens (tertiary/aromatic N) is 1. The molecule has 1 saturated heterocycles. The third kappa shape index (κ3) is 4.54. The normalized spacial score (nSPS) is 17.8. The number of terminal acetylenes is 1. The summed E-state index contributed by atoms with van der Waals surface area (Å²) >= 11 is 0. The van der Waals surface area contributed by atoms with Gasteiger partial charge in [-0.15, -0.1) is 12.3 Å². The minimum Gasteiger partial charge on any atom is -0.422 e. The van der Waals surface area contributed by atoms with Crippen LogP contribution in [0.3, 0.4) is 0 Å². The van der Waals surface area contributed by atoms with Crippen LogP contribution in [0.25, 0.3) is 6.08 Å². The predicted molar refractivity (Wildman–Crippen MR) is 118 cm³/mol. The Hall–Kier alpha value is -3.92. The Labute approximate surface area is 186 Å². The summed E-state index contributed by atoms with van der Waals surface area (Å²) in [4.78, 5) is 37.1. The number of nitro benzene ring substituents is 1. The Balaban J connectivity index is 2.07. The van der Waals surface area contributed by atoms with Crippen molar-refractivity contribution >= 4 is 23.7 Å². The van der Waals surface area contributed by atoms with Crippen LogP contribution >= 0.6 is 0 Å². The summed E-state index contributed by atoms with van der Waals surface area (Å²) in [6.45, 7) is 2.96. The second kappa shape index (κ2) is 9.06. The number of nitro groups is 1. The first kappa shape index (κ1) is 22.8. The van der Waals surface area contributed by atoms with Crippen molar-refractivity contribution in [1.82, 2.24) is 0 Å². The highest BCUT2D eigenvalue weighted by Gasteiger charge is 2.60. The van der Waals surface area contributed by atoms with E-state index in [-0.39, 0.29) is 18.5 Å². The van der Waals surface area contributed by atoms with E-state index in [9.17, 15) is 19.7 Å². The number of carbonyl (C=O) groups excluding carboxylic acids is 2. The maximum absolute atomic E-state index is 13.3. The largest absolute Gasteiger partial charge is 0.422 e. The van der Waals surface area contributed by atoms with Gasteiger partial charge in [-0.2, -0.15) is 0 Å². The summed E-state index contributed by atoms with van der Waals surface area (Å²) in [5.74, 6) is -1.17. The number of hydrogen-bond acceptors (Lipinski definition) is 6. The summed E-state index contributed by atoms with van der Waals surface area (Å²) in [5, 5.41) is 11.0. The fourth-order valence-electron chi connectivity index (χ4n) is 3.79. The van der Waals surface area contributed by atoms with Crippen molar-refractivity contribution in [2.75, 3.05) is 0 Å². The summed E-state index contributed by atoms with van der Waals surface area (Å²) in [7, 11) is 0. The van der Waals surface area contributed by atoms with Crippen LogP contribution in [0, 0.1) is 27.9 Å². The zero-order chi connectivity index (χ0) is 23.4. The minimum absolute atomic E-state index is 0.0149. The van der Waals surface area contributed by atoms with Crippen LogP contribution in [0.1, 0.15) is 43.7 Å². The number of carbonyl (C=O) groups is 2. The molecule has 1 aliphatic rings. The molecule has 1 unspecified atom stereocenters. The molecule has 2 aromatic rings. The molecule has 0 radical (unpaired) electrons. The monoisotopic (exact) mass is 433 g/mol. The Bertz CT molecular complexity index is 1060. The average molecular weight is 433 g/mol. The van der Waals surface area contributed by atoms with Crippen LogP contribution in [0.5, 0.6) is 0 Å². The van der Waals surface area contributed by atoms with E-state index in [0.29, 0.717) is 5.56 Å². The molecule has 32 heavy (non-hydrogen) atoms. The van der Waals surface area contributed by atoms with Gasteiger partial charge in [0.15, 0.2) is 5.41 Å². The molecular formula is C25H23NO6. The van der Waals surface area contributed by atoms with Gasteiger partial charge < -0.3 is 9.47 Å². The lowest BCUT2D eigenvalue weighted by molar-refractivity contribution is -0.384. The van der Waals surface area contributed by atoms with Gasteiger partial charge in [0.2, 0.25) is 0 Å². The van der Waals surface area contributed by atoms with Crippen LogP contribution < -0.4 is 0 Å². The Morgan fingerprint density at radius 2 is 1.66 bits per heavy atom. The second-order valence-electron chi connectivity index (χ2n) is 7.98. The van der Waals surface area contributed by atoms with E-state index >= 15 is 0 Å². The Morgan fingerprint density at radius 3 is 2.19 bits per heavy atom. The number of benzene rings is 2. The first-order valence-electron chi connectivity index (χ1n) is 10.1. The number of rotatable bonds is 7. The first-order chi connectivity index (χ1) is 15.2. The zero-order valence-electron chi connectivity index (χ0n) is 17.8. The van der Waals surface area contributed by atoms with Crippen molar-refractivity contribution in [3.63, 3.8) is 0 Å². The second-order valence-corrected chi connectivity index (χ2v) is 7.98. The molecule has 1 atom stereocenters. The molecular weight excluding hydrogens is 410 g/mol. The standard InChI is InChI=1S/C25H23NO6/c1-4-9-21(19-13-15-20(16-14-19)26(29)30)25(17-8-12-18-10-6-5-7-11-18)22(27)31-24(2,3)32-23(25)28/h1,5-8,10-16,21H,9,17H2,2-3H3/b12-8+. The maximum atomic E-state index is 13.3. The Morgan fingerprint density at radius 1 is 1.06 bits per heavy atom.